The van der Waals surface area contributed by atoms with Gasteiger partial charge in [-0.15, -0.1) is 0 Å². The van der Waals surface area contributed by atoms with Crippen LogP contribution in [0, 0.1) is 23.6 Å². The van der Waals surface area contributed by atoms with Crippen molar-refractivity contribution in [2.75, 3.05) is 13.1 Å². The minimum atomic E-state index is -0.761. The summed E-state index contributed by atoms with van der Waals surface area (Å²) in [5, 5.41) is 9.66. The average molecular weight is 300 g/mol. The number of likely N-dealkylation sites (tertiary alicyclic amines) is 1. The second-order valence-electron chi connectivity index (χ2n) is 5.78. The lowest BCUT2D eigenvalue weighted by Gasteiger charge is -2.19. The van der Waals surface area contributed by atoms with E-state index in [1.165, 1.54) is 6.07 Å². The molecule has 0 saturated carbocycles. The number of hydrogen-bond donors (Lipinski definition) is 1. The summed E-state index contributed by atoms with van der Waals surface area (Å²) in [7, 11) is 0. The van der Waals surface area contributed by atoms with Gasteiger partial charge in [0, 0.05) is 30.2 Å². The van der Waals surface area contributed by atoms with Crippen LogP contribution in [0.4, 0.5) is 4.39 Å². The van der Waals surface area contributed by atoms with E-state index >= 15 is 0 Å². The highest BCUT2D eigenvalue weighted by Gasteiger charge is 2.39. The van der Waals surface area contributed by atoms with E-state index < -0.39 is 5.97 Å². The highest BCUT2D eigenvalue weighted by atomic mass is 35.5. The topological polar surface area (TPSA) is 40.5 Å². The van der Waals surface area contributed by atoms with E-state index in [1.54, 1.807) is 12.1 Å². The van der Waals surface area contributed by atoms with E-state index in [1.807, 2.05) is 18.7 Å². The number of carbonyl (C=O) groups is 1. The van der Waals surface area contributed by atoms with Gasteiger partial charge in [-0.25, -0.2) is 4.39 Å². The van der Waals surface area contributed by atoms with Crippen molar-refractivity contribution in [3.8, 4) is 0 Å². The van der Waals surface area contributed by atoms with E-state index in [9.17, 15) is 14.3 Å². The summed E-state index contributed by atoms with van der Waals surface area (Å²) < 4.78 is 13.8. The molecule has 0 unspecified atom stereocenters. The van der Waals surface area contributed by atoms with E-state index in [0.29, 0.717) is 36.1 Å². The lowest BCUT2D eigenvalue weighted by atomic mass is 9.86. The van der Waals surface area contributed by atoms with Crippen LogP contribution in [0.25, 0.3) is 0 Å². The van der Waals surface area contributed by atoms with Crippen LogP contribution in [0.5, 0.6) is 0 Å². The van der Waals surface area contributed by atoms with Crippen molar-refractivity contribution >= 4 is 17.6 Å². The number of benzene rings is 1. The molecular weight excluding hydrogens is 281 g/mol. The number of rotatable bonds is 4. The highest BCUT2D eigenvalue weighted by Crippen LogP contribution is 2.31. The molecule has 5 heteroatoms. The Balaban J connectivity index is 2.09. The van der Waals surface area contributed by atoms with Gasteiger partial charge in [0.1, 0.15) is 5.82 Å². The first-order valence-electron chi connectivity index (χ1n) is 6.77. The molecule has 3 nitrogen and oxygen atoms in total. The normalized spacial score (nSPS) is 23.4. The summed E-state index contributed by atoms with van der Waals surface area (Å²) in [6, 6.07) is 4.61. The van der Waals surface area contributed by atoms with Crippen LogP contribution in [-0.4, -0.2) is 29.1 Å². The van der Waals surface area contributed by atoms with Crippen LogP contribution in [0.15, 0.2) is 18.2 Å². The third-order valence-corrected chi connectivity index (χ3v) is 4.26. The summed E-state index contributed by atoms with van der Waals surface area (Å²) in [5.41, 5.74) is 0.558. The Hall–Kier alpha value is -1.13. The molecule has 2 rings (SSSR count). The summed E-state index contributed by atoms with van der Waals surface area (Å²) in [6.07, 6.45) is 0. The lowest BCUT2D eigenvalue weighted by molar-refractivity contribution is -0.143. The average Bonchev–Trinajstić information content (AvgIpc) is 2.77. The Morgan fingerprint density at radius 1 is 1.50 bits per heavy atom. The summed E-state index contributed by atoms with van der Waals surface area (Å²) in [6.45, 7) is 5.66. The number of hydrogen-bond acceptors (Lipinski definition) is 2. The van der Waals surface area contributed by atoms with Crippen LogP contribution < -0.4 is 0 Å². The van der Waals surface area contributed by atoms with Crippen LogP contribution in [-0.2, 0) is 11.3 Å². The fraction of sp³-hybridized carbons (Fsp3) is 0.533. The van der Waals surface area contributed by atoms with Crippen LogP contribution in [0.1, 0.15) is 19.4 Å². The molecular formula is C15H19ClFNO2. The minimum absolute atomic E-state index is 0.114. The zero-order chi connectivity index (χ0) is 14.9. The van der Waals surface area contributed by atoms with Crippen molar-refractivity contribution in [1.82, 2.24) is 4.90 Å². The fourth-order valence-corrected chi connectivity index (χ4v) is 3.03. The number of nitrogens with zero attached hydrogens (tertiary/aromatic N) is 1. The quantitative estimate of drug-likeness (QED) is 0.927. The van der Waals surface area contributed by atoms with Crippen LogP contribution >= 0.6 is 11.6 Å². The summed E-state index contributed by atoms with van der Waals surface area (Å²) in [4.78, 5) is 13.3. The van der Waals surface area contributed by atoms with Crippen molar-refractivity contribution in [3.63, 3.8) is 0 Å². The second-order valence-corrected chi connectivity index (χ2v) is 6.22. The molecule has 1 aromatic carbocycles. The monoisotopic (exact) mass is 299 g/mol. The minimum Gasteiger partial charge on any atom is -0.481 e. The Morgan fingerprint density at radius 3 is 2.70 bits per heavy atom. The van der Waals surface area contributed by atoms with E-state index in [-0.39, 0.29) is 17.7 Å². The van der Waals surface area contributed by atoms with Gasteiger partial charge in [-0.05, 0) is 24.0 Å². The largest absolute Gasteiger partial charge is 0.481 e. The lowest BCUT2D eigenvalue weighted by Crippen LogP contribution is -2.25. The van der Waals surface area contributed by atoms with Crippen molar-refractivity contribution in [3.05, 3.63) is 34.6 Å². The van der Waals surface area contributed by atoms with Gasteiger partial charge < -0.3 is 5.11 Å². The maximum absolute atomic E-state index is 13.8. The molecule has 110 valence electrons. The van der Waals surface area contributed by atoms with E-state index in [0.717, 1.165) is 0 Å². The molecule has 20 heavy (non-hydrogen) atoms. The van der Waals surface area contributed by atoms with Gasteiger partial charge in [0.2, 0.25) is 0 Å². The molecule has 0 spiro atoms. The Labute approximate surface area is 123 Å². The molecule has 1 fully saturated rings. The Bertz CT molecular complexity index is 507. The van der Waals surface area contributed by atoms with Gasteiger partial charge in [-0.2, -0.15) is 0 Å². The molecule has 1 aliphatic heterocycles. The zero-order valence-corrected chi connectivity index (χ0v) is 12.4. The zero-order valence-electron chi connectivity index (χ0n) is 11.6. The molecule has 0 aliphatic carbocycles. The maximum Gasteiger partial charge on any atom is 0.308 e. The predicted octanol–water partition coefficient (Wildman–Crippen LogP) is 3.27. The molecule has 1 aliphatic rings. The van der Waals surface area contributed by atoms with Crippen molar-refractivity contribution in [2.24, 2.45) is 17.8 Å². The van der Waals surface area contributed by atoms with Gasteiger partial charge >= 0.3 is 5.97 Å². The first kappa shape index (κ1) is 15.3. The molecule has 0 bridgehead atoms. The molecule has 1 N–H and O–H groups in total. The smallest absolute Gasteiger partial charge is 0.308 e. The Kier molecular flexibility index (Phi) is 4.66. The van der Waals surface area contributed by atoms with Gasteiger partial charge in [-0.3, -0.25) is 9.69 Å². The molecule has 2 atom stereocenters. The van der Waals surface area contributed by atoms with Crippen molar-refractivity contribution in [1.29, 1.82) is 0 Å². The first-order valence-corrected chi connectivity index (χ1v) is 7.15. The number of halogens is 2. The Morgan fingerprint density at radius 2 is 2.20 bits per heavy atom. The molecule has 0 amide bonds. The molecule has 1 heterocycles. The third kappa shape index (κ3) is 3.30. The van der Waals surface area contributed by atoms with Gasteiger partial charge in [0.15, 0.2) is 0 Å². The van der Waals surface area contributed by atoms with Crippen molar-refractivity contribution in [2.45, 2.75) is 20.4 Å². The standard InChI is InChI=1S/C15H19ClFNO2/c1-9(2)12-7-18(8-13(12)15(19)20)6-10-3-4-11(16)5-14(10)17/h3-5,9,12-13H,6-8H2,1-2H3,(H,19,20)/t12-,13+/m0/s1. The first-order chi connectivity index (χ1) is 9.38. The second kappa shape index (κ2) is 6.10. The molecule has 1 saturated heterocycles. The number of carboxylic acid groups (broad SMARTS) is 1. The number of aliphatic carboxylic acids is 1. The summed E-state index contributed by atoms with van der Waals surface area (Å²) in [5.74, 6) is -1.05. The van der Waals surface area contributed by atoms with Gasteiger partial charge in [-0.1, -0.05) is 31.5 Å². The van der Waals surface area contributed by atoms with Crippen LogP contribution in [0.3, 0.4) is 0 Å². The van der Waals surface area contributed by atoms with Gasteiger partial charge in [0.05, 0.1) is 5.92 Å². The number of carboxylic acids is 1. The summed E-state index contributed by atoms with van der Waals surface area (Å²) >= 11 is 5.73. The maximum atomic E-state index is 13.8. The third-order valence-electron chi connectivity index (χ3n) is 4.02. The van der Waals surface area contributed by atoms with Crippen molar-refractivity contribution < 1.29 is 14.3 Å². The van der Waals surface area contributed by atoms with Gasteiger partial charge in [0.25, 0.3) is 0 Å². The fourth-order valence-electron chi connectivity index (χ4n) is 2.87. The van der Waals surface area contributed by atoms with E-state index in [4.69, 9.17) is 11.6 Å². The van der Waals surface area contributed by atoms with Crippen LogP contribution in [0.2, 0.25) is 5.02 Å². The molecule has 0 aromatic heterocycles. The highest BCUT2D eigenvalue weighted by molar-refractivity contribution is 6.30. The molecule has 1 aromatic rings. The molecule has 0 radical (unpaired) electrons. The van der Waals surface area contributed by atoms with E-state index in [2.05, 4.69) is 0 Å². The predicted molar refractivity (Wildman–Crippen MR) is 76.1 cm³/mol. The SMILES string of the molecule is CC(C)[C@@H]1CN(Cc2ccc(Cl)cc2F)C[C@H]1C(=O)O.